The van der Waals surface area contributed by atoms with Gasteiger partial charge >= 0.3 is 0 Å². The highest BCUT2D eigenvalue weighted by atomic mass is 16.7. The van der Waals surface area contributed by atoms with Crippen LogP contribution in [0.25, 0.3) is 0 Å². The van der Waals surface area contributed by atoms with E-state index in [1.54, 1.807) is 0 Å². The molecule has 0 amide bonds. The Labute approximate surface area is 109 Å². The minimum absolute atomic E-state index is 0.240. The lowest BCUT2D eigenvalue weighted by molar-refractivity contribution is -0.0702. The molecule has 1 aliphatic carbocycles. The molecule has 0 aromatic carbocycles. The van der Waals surface area contributed by atoms with Crippen LogP contribution in [0.5, 0.6) is 0 Å². The van der Waals surface area contributed by atoms with Crippen LogP contribution in [0.4, 0.5) is 0 Å². The molecule has 0 radical (unpaired) electrons. The fraction of sp³-hybridized carbons (Fsp3) is 1.00. The third kappa shape index (κ3) is 1.31. The van der Waals surface area contributed by atoms with Crippen molar-refractivity contribution in [2.24, 2.45) is 16.7 Å². The molecule has 1 saturated carbocycles. The first-order valence-electron chi connectivity index (χ1n) is 7.46. The van der Waals surface area contributed by atoms with Gasteiger partial charge in [0.2, 0.25) is 0 Å². The largest absolute Gasteiger partial charge is 0.376 e. The van der Waals surface area contributed by atoms with E-state index < -0.39 is 0 Å². The van der Waals surface area contributed by atoms with Crippen molar-refractivity contribution < 1.29 is 14.2 Å². The summed E-state index contributed by atoms with van der Waals surface area (Å²) in [7, 11) is 0. The number of fused-ring (bicyclic) bond motifs is 4. The van der Waals surface area contributed by atoms with Crippen LogP contribution in [-0.4, -0.2) is 37.6 Å². The molecule has 4 fully saturated rings. The van der Waals surface area contributed by atoms with Crippen LogP contribution in [0, 0.1) is 16.7 Å². The van der Waals surface area contributed by atoms with E-state index in [4.69, 9.17) is 14.2 Å². The van der Waals surface area contributed by atoms with E-state index in [1.165, 1.54) is 19.3 Å². The smallest absolute Gasteiger partial charge is 0.108 e. The third-order valence-corrected chi connectivity index (χ3v) is 6.40. The van der Waals surface area contributed by atoms with Crippen molar-refractivity contribution in [2.45, 2.75) is 64.4 Å². The first kappa shape index (κ1) is 11.7. The molecular formula is C15H24O3. The Hall–Kier alpha value is -0.120. The second kappa shape index (κ2) is 3.50. The summed E-state index contributed by atoms with van der Waals surface area (Å²) >= 11 is 0. The highest BCUT2D eigenvalue weighted by Gasteiger charge is 2.72. The number of ether oxygens (including phenoxy) is 3. The van der Waals surface area contributed by atoms with Gasteiger partial charge in [-0.1, -0.05) is 33.6 Å². The van der Waals surface area contributed by atoms with E-state index in [0.717, 1.165) is 19.1 Å². The average Bonchev–Trinajstić information content (AvgIpc) is 3.19. The molecule has 4 rings (SSSR count). The van der Waals surface area contributed by atoms with Gasteiger partial charge in [-0.05, 0) is 17.8 Å². The number of hydrogen-bond donors (Lipinski definition) is 0. The molecule has 4 aliphatic rings. The van der Waals surface area contributed by atoms with Crippen LogP contribution >= 0.6 is 0 Å². The predicted octanol–water partition coefficient (Wildman–Crippen LogP) is 2.38. The van der Waals surface area contributed by atoms with Gasteiger partial charge in [0.1, 0.15) is 12.2 Å². The van der Waals surface area contributed by atoms with E-state index >= 15 is 0 Å². The average molecular weight is 252 g/mol. The van der Waals surface area contributed by atoms with Gasteiger partial charge in [-0.2, -0.15) is 0 Å². The zero-order chi connectivity index (χ0) is 12.5. The van der Waals surface area contributed by atoms with Crippen LogP contribution in [0.15, 0.2) is 0 Å². The highest BCUT2D eigenvalue weighted by Crippen LogP contribution is 2.66. The first-order valence-corrected chi connectivity index (χ1v) is 7.46. The molecule has 0 N–H and O–H groups in total. The minimum atomic E-state index is 0.240. The van der Waals surface area contributed by atoms with Crippen LogP contribution < -0.4 is 0 Å². The lowest BCUT2D eigenvalue weighted by Crippen LogP contribution is -2.54. The second-order valence-electron chi connectivity index (χ2n) is 7.28. The Bertz CT molecular complexity index is 347. The summed E-state index contributed by atoms with van der Waals surface area (Å²) in [4.78, 5) is 0. The Kier molecular flexibility index (Phi) is 2.27. The van der Waals surface area contributed by atoms with Crippen molar-refractivity contribution in [1.82, 2.24) is 0 Å². The molecular weight excluding hydrogens is 228 g/mol. The first-order chi connectivity index (χ1) is 8.57. The minimum Gasteiger partial charge on any atom is -0.376 e. The van der Waals surface area contributed by atoms with Gasteiger partial charge in [0.15, 0.2) is 0 Å². The van der Waals surface area contributed by atoms with Crippen molar-refractivity contribution in [2.75, 3.05) is 13.2 Å². The van der Waals surface area contributed by atoms with Gasteiger partial charge < -0.3 is 14.2 Å². The van der Waals surface area contributed by atoms with E-state index in [2.05, 4.69) is 20.8 Å². The topological polar surface area (TPSA) is 34.3 Å². The fourth-order valence-electron chi connectivity index (χ4n) is 4.77. The zero-order valence-corrected chi connectivity index (χ0v) is 11.6. The molecule has 5 atom stereocenters. The van der Waals surface area contributed by atoms with Gasteiger partial charge in [0.25, 0.3) is 0 Å². The summed E-state index contributed by atoms with van der Waals surface area (Å²) in [6.07, 6.45) is 5.37. The van der Waals surface area contributed by atoms with E-state index in [9.17, 15) is 0 Å². The van der Waals surface area contributed by atoms with E-state index in [1.807, 2.05) is 0 Å². The number of hydrogen-bond acceptors (Lipinski definition) is 3. The number of rotatable bonds is 0. The molecule has 1 spiro atoms. The molecule has 3 nitrogen and oxygen atoms in total. The molecule has 3 heterocycles. The molecule has 0 bridgehead atoms. The molecule has 102 valence electrons. The predicted molar refractivity (Wildman–Crippen MR) is 67.4 cm³/mol. The van der Waals surface area contributed by atoms with Crippen molar-refractivity contribution >= 4 is 0 Å². The fourth-order valence-corrected chi connectivity index (χ4v) is 4.77. The van der Waals surface area contributed by atoms with Crippen LogP contribution in [0.2, 0.25) is 0 Å². The maximum Gasteiger partial charge on any atom is 0.108 e. The van der Waals surface area contributed by atoms with E-state index in [0.29, 0.717) is 29.8 Å². The summed E-state index contributed by atoms with van der Waals surface area (Å²) in [6, 6.07) is 0. The maximum atomic E-state index is 6.01. The molecule has 18 heavy (non-hydrogen) atoms. The molecule has 3 aliphatic heterocycles. The van der Waals surface area contributed by atoms with Crippen molar-refractivity contribution in [3.05, 3.63) is 0 Å². The van der Waals surface area contributed by atoms with Crippen molar-refractivity contribution in [1.29, 1.82) is 0 Å². The normalized spacial score (nSPS) is 57.2. The molecule has 5 unspecified atom stereocenters. The number of epoxide rings is 2. The van der Waals surface area contributed by atoms with E-state index in [-0.39, 0.29) is 5.41 Å². The molecule has 0 aromatic rings. The van der Waals surface area contributed by atoms with Crippen molar-refractivity contribution in [3.63, 3.8) is 0 Å². The van der Waals surface area contributed by atoms with Gasteiger partial charge in [-0.3, -0.25) is 0 Å². The zero-order valence-electron chi connectivity index (χ0n) is 11.6. The van der Waals surface area contributed by atoms with Gasteiger partial charge in [-0.25, -0.2) is 0 Å². The summed E-state index contributed by atoms with van der Waals surface area (Å²) in [5.41, 5.74) is 0.547. The summed E-state index contributed by atoms with van der Waals surface area (Å²) in [6.45, 7) is 8.82. The maximum absolute atomic E-state index is 6.01. The lowest BCUT2D eigenvalue weighted by atomic mass is 9.50. The molecule has 3 heteroatoms. The van der Waals surface area contributed by atoms with Crippen LogP contribution in [0.3, 0.4) is 0 Å². The molecule has 3 saturated heterocycles. The van der Waals surface area contributed by atoms with Crippen molar-refractivity contribution in [3.8, 4) is 0 Å². The van der Waals surface area contributed by atoms with Crippen LogP contribution in [0.1, 0.15) is 40.0 Å². The van der Waals surface area contributed by atoms with Gasteiger partial charge in [0, 0.05) is 5.41 Å². The highest BCUT2D eigenvalue weighted by molar-refractivity contribution is 5.19. The standard InChI is InChI=1S/C15H24O3/c1-9-5-4-6-15(14(9,2)3)12-10(17-12)7-16-8-11-13(15)18-11/h9-13H,4-8H2,1-3H3. The quantitative estimate of drug-likeness (QED) is 0.621. The third-order valence-electron chi connectivity index (χ3n) is 6.40. The Morgan fingerprint density at radius 3 is 2.22 bits per heavy atom. The Morgan fingerprint density at radius 1 is 1.00 bits per heavy atom. The van der Waals surface area contributed by atoms with Crippen LogP contribution in [-0.2, 0) is 14.2 Å². The van der Waals surface area contributed by atoms with Gasteiger partial charge in [-0.15, -0.1) is 0 Å². The molecule has 0 aromatic heterocycles. The summed E-state index contributed by atoms with van der Waals surface area (Å²) in [5.74, 6) is 0.751. The Balaban J connectivity index is 1.74. The summed E-state index contributed by atoms with van der Waals surface area (Å²) < 4.78 is 17.7. The SMILES string of the molecule is CC1CCCC2(C3OC3COCC3OC32)C1(C)C. The summed E-state index contributed by atoms with van der Waals surface area (Å²) in [5, 5.41) is 0. The van der Waals surface area contributed by atoms with Gasteiger partial charge in [0.05, 0.1) is 25.4 Å². The lowest BCUT2D eigenvalue weighted by Gasteiger charge is -2.53. The monoisotopic (exact) mass is 252 g/mol. The Morgan fingerprint density at radius 2 is 1.61 bits per heavy atom. The second-order valence-corrected chi connectivity index (χ2v) is 7.28.